The van der Waals surface area contributed by atoms with Crippen LogP contribution in [0.3, 0.4) is 0 Å². The predicted molar refractivity (Wildman–Crippen MR) is 106 cm³/mol. The largest absolute Gasteiger partial charge is 0.306 e. The average molecular weight is 356 g/mol. The Bertz CT molecular complexity index is 1180. The molecule has 6 nitrogen and oxygen atoms in total. The van der Waals surface area contributed by atoms with Crippen LogP contribution in [-0.4, -0.2) is 20.5 Å². The Morgan fingerprint density at radius 2 is 1.96 bits per heavy atom. The van der Waals surface area contributed by atoms with E-state index in [4.69, 9.17) is 0 Å². The van der Waals surface area contributed by atoms with E-state index in [0.29, 0.717) is 5.56 Å². The fraction of sp³-hybridized carbons (Fsp3) is 0.0476. The van der Waals surface area contributed by atoms with Crippen molar-refractivity contribution < 1.29 is 4.92 Å². The number of hydrogen-bond acceptors (Lipinski definition) is 4. The van der Waals surface area contributed by atoms with Crippen molar-refractivity contribution in [2.24, 2.45) is 4.99 Å². The number of nitro groups is 1. The number of nitro benzene ring substituents is 1. The summed E-state index contributed by atoms with van der Waals surface area (Å²) in [6.45, 7) is 2.04. The molecule has 0 saturated carbocycles. The van der Waals surface area contributed by atoms with Crippen LogP contribution < -0.4 is 0 Å². The number of aliphatic imine (C=N–C) groups is 1. The van der Waals surface area contributed by atoms with Crippen LogP contribution in [0.4, 0.5) is 11.4 Å². The van der Waals surface area contributed by atoms with Crippen molar-refractivity contribution in [2.75, 3.05) is 0 Å². The highest BCUT2D eigenvalue weighted by Gasteiger charge is 2.06. The van der Waals surface area contributed by atoms with Crippen LogP contribution in [0.25, 0.3) is 16.9 Å². The number of aromatic nitrogens is 2. The maximum atomic E-state index is 10.9. The fourth-order valence-corrected chi connectivity index (χ4v) is 2.84. The third kappa shape index (κ3) is 3.59. The van der Waals surface area contributed by atoms with Crippen LogP contribution in [0.2, 0.25) is 0 Å². The Balaban J connectivity index is 1.64. The van der Waals surface area contributed by atoms with Gasteiger partial charge in [0.15, 0.2) is 0 Å². The van der Waals surface area contributed by atoms with Crippen LogP contribution in [0, 0.1) is 17.0 Å². The van der Waals surface area contributed by atoms with Gasteiger partial charge in [0, 0.05) is 36.3 Å². The lowest BCUT2D eigenvalue weighted by atomic mass is 10.1. The predicted octanol–water partition coefficient (Wildman–Crippen LogP) is 4.97. The van der Waals surface area contributed by atoms with E-state index in [1.54, 1.807) is 18.3 Å². The maximum absolute atomic E-state index is 10.9. The number of pyridine rings is 1. The second kappa shape index (κ2) is 6.84. The lowest BCUT2D eigenvalue weighted by molar-refractivity contribution is -0.384. The summed E-state index contributed by atoms with van der Waals surface area (Å²) >= 11 is 0. The minimum atomic E-state index is -0.414. The first-order chi connectivity index (χ1) is 13.1. The number of rotatable bonds is 4. The van der Waals surface area contributed by atoms with Crippen molar-refractivity contribution in [1.82, 2.24) is 9.38 Å². The highest BCUT2D eigenvalue weighted by atomic mass is 16.6. The molecule has 0 saturated heterocycles. The molecule has 0 bridgehead atoms. The molecule has 0 aliphatic heterocycles. The van der Waals surface area contributed by atoms with E-state index < -0.39 is 4.92 Å². The fourth-order valence-electron chi connectivity index (χ4n) is 2.84. The first kappa shape index (κ1) is 16.7. The Kier molecular flexibility index (Phi) is 4.22. The Hall–Kier alpha value is -3.80. The normalized spacial score (nSPS) is 11.3. The molecule has 2 aromatic heterocycles. The third-order valence-corrected chi connectivity index (χ3v) is 4.20. The average Bonchev–Trinajstić information content (AvgIpc) is 3.10. The zero-order chi connectivity index (χ0) is 18.8. The first-order valence-corrected chi connectivity index (χ1v) is 8.43. The van der Waals surface area contributed by atoms with Gasteiger partial charge in [-0.25, -0.2) is 4.98 Å². The van der Waals surface area contributed by atoms with E-state index in [-0.39, 0.29) is 5.69 Å². The molecule has 0 unspecified atom stereocenters. The van der Waals surface area contributed by atoms with Gasteiger partial charge in [-0.3, -0.25) is 15.1 Å². The number of fused-ring (bicyclic) bond motifs is 1. The molecule has 2 aromatic carbocycles. The minimum absolute atomic E-state index is 0.0488. The molecule has 4 rings (SSSR count). The molecular formula is C21H16N4O2. The van der Waals surface area contributed by atoms with Crippen LogP contribution in [0.1, 0.15) is 11.1 Å². The van der Waals surface area contributed by atoms with Gasteiger partial charge in [0.05, 0.1) is 16.3 Å². The highest BCUT2D eigenvalue weighted by Crippen LogP contribution is 2.24. The van der Waals surface area contributed by atoms with Crippen molar-refractivity contribution in [1.29, 1.82) is 0 Å². The van der Waals surface area contributed by atoms with Gasteiger partial charge in [-0.05, 0) is 42.3 Å². The topological polar surface area (TPSA) is 72.8 Å². The maximum Gasteiger partial charge on any atom is 0.270 e. The lowest BCUT2D eigenvalue weighted by Crippen LogP contribution is -1.89. The summed E-state index contributed by atoms with van der Waals surface area (Å²) in [6.07, 6.45) is 5.60. The van der Waals surface area contributed by atoms with E-state index >= 15 is 0 Å². The van der Waals surface area contributed by atoms with E-state index in [2.05, 4.69) is 9.98 Å². The molecule has 27 heavy (non-hydrogen) atoms. The molecule has 0 aliphatic rings. The van der Waals surface area contributed by atoms with Gasteiger partial charge in [-0.1, -0.05) is 24.3 Å². The van der Waals surface area contributed by atoms with E-state index in [1.165, 1.54) is 12.1 Å². The Morgan fingerprint density at radius 3 is 2.81 bits per heavy atom. The van der Waals surface area contributed by atoms with Crippen molar-refractivity contribution >= 4 is 23.2 Å². The standard InChI is InChI=1S/C21H16N4O2/c1-15-8-9-24-14-20(23-21(24)10-15)17-5-3-6-18(12-17)22-13-16-4-2-7-19(11-16)25(26)27/h2-14H,1H3. The van der Waals surface area contributed by atoms with E-state index in [1.807, 2.05) is 60.1 Å². The van der Waals surface area contributed by atoms with Crippen LogP contribution >= 0.6 is 0 Å². The van der Waals surface area contributed by atoms with Gasteiger partial charge < -0.3 is 4.40 Å². The molecular weight excluding hydrogens is 340 g/mol. The Labute approximate surface area is 155 Å². The molecule has 0 fully saturated rings. The molecule has 0 amide bonds. The number of imidazole rings is 1. The molecule has 0 aliphatic carbocycles. The quantitative estimate of drug-likeness (QED) is 0.294. The molecule has 6 heteroatoms. The van der Waals surface area contributed by atoms with Crippen molar-refractivity contribution in [2.45, 2.75) is 6.92 Å². The summed E-state index contributed by atoms with van der Waals surface area (Å²) in [5.41, 5.74) is 5.38. The Morgan fingerprint density at radius 1 is 1.11 bits per heavy atom. The number of benzene rings is 2. The van der Waals surface area contributed by atoms with Gasteiger partial charge >= 0.3 is 0 Å². The van der Waals surface area contributed by atoms with Gasteiger partial charge in [-0.2, -0.15) is 0 Å². The monoisotopic (exact) mass is 356 g/mol. The first-order valence-electron chi connectivity index (χ1n) is 8.43. The summed E-state index contributed by atoms with van der Waals surface area (Å²) < 4.78 is 1.99. The molecule has 4 aromatic rings. The number of aryl methyl sites for hydroxylation is 1. The number of non-ortho nitro benzene ring substituents is 1. The zero-order valence-corrected chi connectivity index (χ0v) is 14.6. The molecule has 0 spiro atoms. The molecule has 0 radical (unpaired) electrons. The SMILES string of the molecule is Cc1ccn2cc(-c3cccc(N=Cc4cccc([N+](=O)[O-])c4)c3)nc2c1. The zero-order valence-electron chi connectivity index (χ0n) is 14.6. The number of hydrogen-bond donors (Lipinski definition) is 0. The third-order valence-electron chi connectivity index (χ3n) is 4.20. The number of nitrogens with zero attached hydrogens (tertiary/aromatic N) is 4. The van der Waals surface area contributed by atoms with E-state index in [0.717, 1.165) is 28.2 Å². The van der Waals surface area contributed by atoms with Gasteiger partial charge in [-0.15, -0.1) is 0 Å². The second-order valence-electron chi connectivity index (χ2n) is 6.26. The minimum Gasteiger partial charge on any atom is -0.306 e. The second-order valence-corrected chi connectivity index (χ2v) is 6.26. The summed E-state index contributed by atoms with van der Waals surface area (Å²) in [4.78, 5) is 19.6. The van der Waals surface area contributed by atoms with Crippen LogP contribution in [0.5, 0.6) is 0 Å². The van der Waals surface area contributed by atoms with E-state index in [9.17, 15) is 10.1 Å². The lowest BCUT2D eigenvalue weighted by Gasteiger charge is -1.99. The molecule has 0 atom stereocenters. The van der Waals surface area contributed by atoms with Crippen molar-refractivity contribution in [3.05, 3.63) is 94.3 Å². The highest BCUT2D eigenvalue weighted by molar-refractivity contribution is 5.83. The summed E-state index contributed by atoms with van der Waals surface area (Å²) in [6, 6.07) is 18.2. The van der Waals surface area contributed by atoms with Crippen LogP contribution in [0.15, 0.2) is 78.0 Å². The van der Waals surface area contributed by atoms with Gasteiger partial charge in [0.2, 0.25) is 0 Å². The molecule has 132 valence electrons. The summed E-state index contributed by atoms with van der Waals surface area (Å²) in [5, 5.41) is 10.9. The summed E-state index contributed by atoms with van der Waals surface area (Å²) in [7, 11) is 0. The van der Waals surface area contributed by atoms with Crippen molar-refractivity contribution in [3.63, 3.8) is 0 Å². The van der Waals surface area contributed by atoms with Crippen molar-refractivity contribution in [3.8, 4) is 11.3 Å². The molecule has 0 N–H and O–H groups in total. The van der Waals surface area contributed by atoms with Gasteiger partial charge in [0.25, 0.3) is 5.69 Å². The molecule has 2 heterocycles. The summed E-state index contributed by atoms with van der Waals surface area (Å²) in [5.74, 6) is 0. The smallest absolute Gasteiger partial charge is 0.270 e. The van der Waals surface area contributed by atoms with Gasteiger partial charge in [0.1, 0.15) is 5.65 Å². The van der Waals surface area contributed by atoms with Crippen LogP contribution in [-0.2, 0) is 0 Å².